The molecule has 3 atom stereocenters. The zero-order valence-corrected chi connectivity index (χ0v) is 16.1. The van der Waals surface area contributed by atoms with Gasteiger partial charge in [-0.05, 0) is 38.4 Å². The predicted molar refractivity (Wildman–Crippen MR) is 101 cm³/mol. The number of nitrogens with zero attached hydrogens (tertiary/aromatic N) is 3. The van der Waals surface area contributed by atoms with Crippen molar-refractivity contribution in [2.45, 2.75) is 44.0 Å². The summed E-state index contributed by atoms with van der Waals surface area (Å²) in [6.07, 6.45) is 3.57. The molecule has 0 radical (unpaired) electrons. The smallest absolute Gasteiger partial charge is 0.254 e. The Bertz CT molecular complexity index is 580. The lowest BCUT2D eigenvalue weighted by atomic mass is 9.98. The summed E-state index contributed by atoms with van der Waals surface area (Å²) in [5.41, 5.74) is 1.09. The lowest BCUT2D eigenvalue weighted by molar-refractivity contribution is -0.171. The van der Waals surface area contributed by atoms with Crippen LogP contribution < -0.4 is 0 Å². The van der Waals surface area contributed by atoms with Crippen LogP contribution in [0.1, 0.15) is 25.0 Å². The predicted octanol–water partition coefficient (Wildman–Crippen LogP) is 0.713. The van der Waals surface area contributed by atoms with Crippen LogP contribution in [0.5, 0.6) is 0 Å². The molecule has 7 nitrogen and oxygen atoms in total. The van der Waals surface area contributed by atoms with Crippen molar-refractivity contribution in [3.8, 4) is 0 Å². The molecule has 0 bridgehead atoms. The largest absolute Gasteiger partial charge is 0.390 e. The Hall–Kier alpha value is -1.54. The van der Waals surface area contributed by atoms with E-state index in [1.165, 1.54) is 0 Å². The standard InChI is InChI=1S/C20H31N3O4/c1-22(10-7-16-4-2-3-9-21-16)11-8-17-5-6-18(24)19(27-17)20(25)23-12-14-26-15-13-23/h2-4,9,17-19,24H,5-8,10-15H2,1H3/t17-,18-,19-/m0/s1. The minimum Gasteiger partial charge on any atom is -0.390 e. The summed E-state index contributed by atoms with van der Waals surface area (Å²) >= 11 is 0. The van der Waals surface area contributed by atoms with Gasteiger partial charge in [-0.25, -0.2) is 0 Å². The zero-order valence-electron chi connectivity index (χ0n) is 16.1. The number of aromatic nitrogens is 1. The first-order valence-electron chi connectivity index (χ1n) is 9.92. The summed E-state index contributed by atoms with van der Waals surface area (Å²) < 4.78 is 11.3. The number of ether oxygens (including phenoxy) is 2. The third-order valence-electron chi connectivity index (χ3n) is 5.35. The Morgan fingerprint density at radius 3 is 2.85 bits per heavy atom. The topological polar surface area (TPSA) is 75.1 Å². The molecule has 2 saturated heterocycles. The molecular weight excluding hydrogens is 346 g/mol. The highest BCUT2D eigenvalue weighted by Crippen LogP contribution is 2.24. The summed E-state index contributed by atoms with van der Waals surface area (Å²) in [5, 5.41) is 10.3. The number of carbonyl (C=O) groups is 1. The number of aliphatic hydroxyl groups excluding tert-OH is 1. The van der Waals surface area contributed by atoms with E-state index in [0.29, 0.717) is 32.7 Å². The number of rotatable bonds is 7. The van der Waals surface area contributed by atoms with Crippen LogP contribution in [0, 0.1) is 0 Å². The molecular formula is C20H31N3O4. The normalized spacial score (nSPS) is 26.3. The molecule has 0 unspecified atom stereocenters. The van der Waals surface area contributed by atoms with Gasteiger partial charge in [-0.2, -0.15) is 0 Å². The number of pyridine rings is 1. The average Bonchev–Trinajstić information content (AvgIpc) is 2.72. The highest BCUT2D eigenvalue weighted by Gasteiger charge is 2.37. The minimum absolute atomic E-state index is 0.0145. The molecule has 1 amide bonds. The van der Waals surface area contributed by atoms with Gasteiger partial charge in [0.1, 0.15) is 0 Å². The molecule has 0 aromatic carbocycles. The van der Waals surface area contributed by atoms with E-state index in [1.54, 1.807) is 4.90 Å². The molecule has 0 aliphatic carbocycles. The number of amides is 1. The second kappa shape index (κ2) is 10.1. The van der Waals surface area contributed by atoms with Crippen molar-refractivity contribution in [2.75, 3.05) is 46.4 Å². The van der Waals surface area contributed by atoms with Gasteiger partial charge < -0.3 is 24.4 Å². The number of hydrogen-bond acceptors (Lipinski definition) is 6. The zero-order chi connectivity index (χ0) is 19.1. The van der Waals surface area contributed by atoms with E-state index in [2.05, 4.69) is 16.9 Å². The molecule has 2 aliphatic heterocycles. The van der Waals surface area contributed by atoms with Gasteiger partial charge in [0.25, 0.3) is 5.91 Å². The number of carbonyl (C=O) groups excluding carboxylic acids is 1. The summed E-state index contributed by atoms with van der Waals surface area (Å²) in [5.74, 6) is -0.0981. The maximum Gasteiger partial charge on any atom is 0.254 e. The van der Waals surface area contributed by atoms with Crippen LogP contribution >= 0.6 is 0 Å². The number of likely N-dealkylation sites (N-methyl/N-ethyl adjacent to an activating group) is 1. The van der Waals surface area contributed by atoms with Crippen LogP contribution in [-0.2, 0) is 20.7 Å². The minimum atomic E-state index is -0.735. The van der Waals surface area contributed by atoms with Gasteiger partial charge in [-0.15, -0.1) is 0 Å². The van der Waals surface area contributed by atoms with Crippen molar-refractivity contribution in [3.05, 3.63) is 30.1 Å². The number of hydrogen-bond donors (Lipinski definition) is 1. The monoisotopic (exact) mass is 377 g/mol. The molecule has 0 spiro atoms. The molecule has 27 heavy (non-hydrogen) atoms. The van der Waals surface area contributed by atoms with Crippen LogP contribution in [0.25, 0.3) is 0 Å². The van der Waals surface area contributed by atoms with Crippen molar-refractivity contribution in [3.63, 3.8) is 0 Å². The van der Waals surface area contributed by atoms with Crippen molar-refractivity contribution in [2.24, 2.45) is 0 Å². The fourth-order valence-electron chi connectivity index (χ4n) is 3.60. The number of morpholine rings is 1. The Morgan fingerprint density at radius 1 is 1.30 bits per heavy atom. The first-order chi connectivity index (χ1) is 13.1. The third kappa shape index (κ3) is 5.97. The molecule has 2 aliphatic rings. The van der Waals surface area contributed by atoms with Crippen molar-refractivity contribution < 1.29 is 19.4 Å². The highest BCUT2D eigenvalue weighted by molar-refractivity contribution is 5.81. The molecule has 1 aromatic heterocycles. The Kier molecular flexibility index (Phi) is 7.58. The fourth-order valence-corrected chi connectivity index (χ4v) is 3.60. The van der Waals surface area contributed by atoms with Crippen molar-refractivity contribution in [1.29, 1.82) is 0 Å². The van der Waals surface area contributed by atoms with Crippen LogP contribution in [0.2, 0.25) is 0 Å². The fraction of sp³-hybridized carbons (Fsp3) is 0.700. The molecule has 1 aromatic rings. The van der Waals surface area contributed by atoms with E-state index in [1.807, 2.05) is 24.4 Å². The first kappa shape index (κ1) is 20.2. The molecule has 3 heterocycles. The SMILES string of the molecule is CN(CCc1ccccn1)CC[C@@H]1CC[C@H](O)[C@@H](C(=O)N2CCOCC2)O1. The second-order valence-electron chi connectivity index (χ2n) is 7.42. The van der Waals surface area contributed by atoms with Gasteiger partial charge >= 0.3 is 0 Å². The molecule has 2 fully saturated rings. The summed E-state index contributed by atoms with van der Waals surface area (Å²) in [7, 11) is 2.09. The van der Waals surface area contributed by atoms with Crippen molar-refractivity contribution >= 4 is 5.91 Å². The van der Waals surface area contributed by atoms with E-state index in [0.717, 1.165) is 38.0 Å². The molecule has 0 saturated carbocycles. The van der Waals surface area contributed by atoms with Crippen LogP contribution in [0.15, 0.2) is 24.4 Å². The van der Waals surface area contributed by atoms with E-state index < -0.39 is 12.2 Å². The highest BCUT2D eigenvalue weighted by atomic mass is 16.5. The summed E-state index contributed by atoms with van der Waals surface area (Å²) in [6.45, 7) is 4.09. The maximum absolute atomic E-state index is 12.7. The molecule has 150 valence electrons. The number of aliphatic hydroxyl groups is 1. The van der Waals surface area contributed by atoms with Gasteiger partial charge in [0.05, 0.1) is 25.4 Å². The lowest BCUT2D eigenvalue weighted by Crippen LogP contribution is -2.53. The van der Waals surface area contributed by atoms with Crippen LogP contribution in [0.3, 0.4) is 0 Å². The summed E-state index contributed by atoms with van der Waals surface area (Å²) in [6, 6.07) is 5.98. The second-order valence-corrected chi connectivity index (χ2v) is 7.42. The van der Waals surface area contributed by atoms with E-state index in [-0.39, 0.29) is 12.0 Å². The van der Waals surface area contributed by atoms with Gasteiger partial charge in [0.15, 0.2) is 6.10 Å². The Labute approximate surface area is 161 Å². The molecule has 7 heteroatoms. The van der Waals surface area contributed by atoms with E-state index in [9.17, 15) is 9.90 Å². The quantitative estimate of drug-likeness (QED) is 0.755. The van der Waals surface area contributed by atoms with Gasteiger partial charge in [-0.3, -0.25) is 9.78 Å². The van der Waals surface area contributed by atoms with Gasteiger partial charge in [0, 0.05) is 44.5 Å². The van der Waals surface area contributed by atoms with Crippen molar-refractivity contribution in [1.82, 2.24) is 14.8 Å². The maximum atomic E-state index is 12.7. The molecule has 1 N–H and O–H groups in total. The Balaban J connectivity index is 1.42. The van der Waals surface area contributed by atoms with Crippen LogP contribution in [0.4, 0.5) is 0 Å². The van der Waals surface area contributed by atoms with E-state index in [4.69, 9.17) is 9.47 Å². The summed E-state index contributed by atoms with van der Waals surface area (Å²) in [4.78, 5) is 21.0. The Morgan fingerprint density at radius 2 is 2.11 bits per heavy atom. The van der Waals surface area contributed by atoms with Gasteiger partial charge in [-0.1, -0.05) is 6.07 Å². The van der Waals surface area contributed by atoms with Gasteiger partial charge in [0.2, 0.25) is 0 Å². The van der Waals surface area contributed by atoms with E-state index >= 15 is 0 Å². The van der Waals surface area contributed by atoms with Crippen LogP contribution in [-0.4, -0.2) is 90.5 Å². The lowest BCUT2D eigenvalue weighted by Gasteiger charge is -2.37. The first-order valence-corrected chi connectivity index (χ1v) is 9.92. The molecule has 3 rings (SSSR count). The average molecular weight is 377 g/mol. The third-order valence-corrected chi connectivity index (χ3v) is 5.35.